The third-order valence-electron chi connectivity index (χ3n) is 4.42. The third kappa shape index (κ3) is 4.37. The number of carbonyl (C=O) groups is 1. The van der Waals surface area contributed by atoms with E-state index in [9.17, 15) is 4.79 Å². The van der Waals surface area contributed by atoms with Gasteiger partial charge < -0.3 is 9.80 Å². The van der Waals surface area contributed by atoms with Gasteiger partial charge in [0.2, 0.25) is 5.96 Å². The molecule has 1 saturated heterocycles. The second-order valence-electron chi connectivity index (χ2n) is 6.20. The molecule has 1 fully saturated rings. The van der Waals surface area contributed by atoms with Crippen molar-refractivity contribution < 1.29 is 4.79 Å². The van der Waals surface area contributed by atoms with E-state index in [0.717, 1.165) is 44.7 Å². The second-order valence-corrected chi connectivity index (χ2v) is 6.20. The monoisotopic (exact) mass is 292 g/mol. The highest BCUT2D eigenvalue weighted by Crippen LogP contribution is 2.19. The molecule has 118 valence electrons. The minimum Gasteiger partial charge on any atom is -0.338 e. The summed E-state index contributed by atoms with van der Waals surface area (Å²) < 4.78 is 0. The molecule has 0 spiro atoms. The van der Waals surface area contributed by atoms with Gasteiger partial charge in [-0.1, -0.05) is 32.6 Å². The average molecular weight is 292 g/mol. The van der Waals surface area contributed by atoms with Crippen molar-refractivity contribution in [1.82, 2.24) is 9.80 Å². The maximum Gasteiger partial charge on any atom is 0.257 e. The van der Waals surface area contributed by atoms with Crippen LogP contribution in [0, 0.1) is 5.92 Å². The molecule has 0 aromatic heterocycles. The molecule has 0 radical (unpaired) electrons. The standard InChI is InChI=1S/C16H28N4O/c1-4-5-6-7-8-14-13(2)17-16(18-15(14)21)20-11-9-19(3)10-12-20/h14H,4-12H2,1-3H3. The summed E-state index contributed by atoms with van der Waals surface area (Å²) in [5.41, 5.74) is 0.945. The summed E-state index contributed by atoms with van der Waals surface area (Å²) in [5.74, 6) is 0.557. The van der Waals surface area contributed by atoms with Gasteiger partial charge in [0.25, 0.3) is 5.91 Å². The number of likely N-dealkylation sites (N-methyl/N-ethyl adjacent to an activating group) is 1. The van der Waals surface area contributed by atoms with Gasteiger partial charge in [0.1, 0.15) is 0 Å². The van der Waals surface area contributed by atoms with E-state index in [-0.39, 0.29) is 11.8 Å². The van der Waals surface area contributed by atoms with Gasteiger partial charge in [0.15, 0.2) is 0 Å². The molecule has 0 aliphatic carbocycles. The number of amides is 1. The van der Waals surface area contributed by atoms with Crippen LogP contribution in [0.2, 0.25) is 0 Å². The van der Waals surface area contributed by atoms with Crippen molar-refractivity contribution in [3.05, 3.63) is 0 Å². The Labute approximate surface area is 128 Å². The lowest BCUT2D eigenvalue weighted by molar-refractivity contribution is -0.120. The van der Waals surface area contributed by atoms with Crippen LogP contribution in [0.25, 0.3) is 0 Å². The first-order valence-electron chi connectivity index (χ1n) is 8.23. The number of rotatable bonds is 5. The number of piperazine rings is 1. The molecule has 1 unspecified atom stereocenters. The van der Waals surface area contributed by atoms with Crippen molar-refractivity contribution in [2.45, 2.75) is 46.0 Å². The van der Waals surface area contributed by atoms with Crippen LogP contribution in [0.5, 0.6) is 0 Å². The summed E-state index contributed by atoms with van der Waals surface area (Å²) in [5, 5.41) is 0. The molecule has 2 aliphatic heterocycles. The number of aliphatic imine (C=N–C) groups is 2. The molecule has 0 bridgehead atoms. The van der Waals surface area contributed by atoms with E-state index in [4.69, 9.17) is 0 Å². The first-order chi connectivity index (χ1) is 10.1. The molecule has 5 heteroatoms. The van der Waals surface area contributed by atoms with E-state index < -0.39 is 0 Å². The van der Waals surface area contributed by atoms with E-state index in [1.807, 2.05) is 6.92 Å². The molecule has 0 saturated carbocycles. The van der Waals surface area contributed by atoms with Crippen LogP contribution in [0.15, 0.2) is 9.98 Å². The first kappa shape index (κ1) is 16.1. The minimum atomic E-state index is -0.0851. The number of carbonyl (C=O) groups excluding carboxylic acids is 1. The largest absolute Gasteiger partial charge is 0.338 e. The van der Waals surface area contributed by atoms with Crippen molar-refractivity contribution >= 4 is 17.6 Å². The van der Waals surface area contributed by atoms with E-state index in [0.29, 0.717) is 5.96 Å². The molecular weight excluding hydrogens is 264 g/mol. The Balaban J connectivity index is 1.91. The van der Waals surface area contributed by atoms with Crippen LogP contribution in [-0.4, -0.2) is 60.6 Å². The van der Waals surface area contributed by atoms with Gasteiger partial charge in [-0.05, 0) is 20.4 Å². The van der Waals surface area contributed by atoms with Gasteiger partial charge in [-0.15, -0.1) is 0 Å². The highest BCUT2D eigenvalue weighted by Gasteiger charge is 2.28. The van der Waals surface area contributed by atoms with Crippen molar-refractivity contribution in [2.24, 2.45) is 15.9 Å². The van der Waals surface area contributed by atoms with Gasteiger partial charge in [-0.2, -0.15) is 4.99 Å². The minimum absolute atomic E-state index is 0.00734. The molecule has 1 amide bonds. The molecule has 1 atom stereocenters. The van der Waals surface area contributed by atoms with Crippen LogP contribution in [0.4, 0.5) is 0 Å². The maximum atomic E-state index is 12.3. The van der Waals surface area contributed by atoms with Gasteiger partial charge in [0, 0.05) is 31.9 Å². The van der Waals surface area contributed by atoms with Gasteiger partial charge in [0.05, 0.1) is 5.92 Å². The van der Waals surface area contributed by atoms with Crippen LogP contribution >= 0.6 is 0 Å². The SMILES string of the molecule is CCCCCCC1C(=O)N=C(N2CCN(C)CC2)N=C1C. The number of guanidine groups is 1. The van der Waals surface area contributed by atoms with E-state index in [1.54, 1.807) is 0 Å². The van der Waals surface area contributed by atoms with E-state index in [2.05, 4.69) is 33.8 Å². The first-order valence-corrected chi connectivity index (χ1v) is 8.23. The van der Waals surface area contributed by atoms with Crippen LogP contribution in [0.3, 0.4) is 0 Å². The Hall–Kier alpha value is -1.23. The van der Waals surface area contributed by atoms with Gasteiger partial charge in [-0.25, -0.2) is 4.99 Å². The summed E-state index contributed by atoms with van der Waals surface area (Å²) >= 11 is 0. The molecule has 2 rings (SSSR count). The molecule has 21 heavy (non-hydrogen) atoms. The quantitative estimate of drug-likeness (QED) is 0.730. The summed E-state index contributed by atoms with van der Waals surface area (Å²) in [4.78, 5) is 25.6. The van der Waals surface area contributed by atoms with Crippen molar-refractivity contribution in [3.63, 3.8) is 0 Å². The van der Waals surface area contributed by atoms with Crippen molar-refractivity contribution in [3.8, 4) is 0 Å². The van der Waals surface area contributed by atoms with Crippen LogP contribution < -0.4 is 0 Å². The Morgan fingerprint density at radius 3 is 2.43 bits per heavy atom. The Morgan fingerprint density at radius 1 is 1.10 bits per heavy atom. The molecule has 2 heterocycles. The lowest BCUT2D eigenvalue weighted by atomic mass is 9.95. The number of nitrogens with zero attached hydrogens (tertiary/aromatic N) is 4. The Kier molecular flexibility index (Phi) is 5.91. The number of unbranched alkanes of at least 4 members (excludes halogenated alkanes) is 3. The third-order valence-corrected chi connectivity index (χ3v) is 4.42. The molecule has 2 aliphatic rings. The van der Waals surface area contributed by atoms with E-state index >= 15 is 0 Å². The fourth-order valence-electron chi connectivity index (χ4n) is 2.87. The Bertz CT molecular complexity index is 422. The number of hydrogen-bond acceptors (Lipinski definition) is 4. The molecule has 0 aromatic carbocycles. The highest BCUT2D eigenvalue weighted by molar-refractivity contribution is 6.14. The summed E-state index contributed by atoms with van der Waals surface area (Å²) in [6.07, 6.45) is 5.65. The summed E-state index contributed by atoms with van der Waals surface area (Å²) in [7, 11) is 2.12. The van der Waals surface area contributed by atoms with Crippen LogP contribution in [0.1, 0.15) is 46.0 Å². The second kappa shape index (κ2) is 7.69. The molecule has 0 aromatic rings. The maximum absolute atomic E-state index is 12.3. The fourth-order valence-corrected chi connectivity index (χ4v) is 2.87. The van der Waals surface area contributed by atoms with Gasteiger partial charge >= 0.3 is 0 Å². The average Bonchev–Trinajstić information content (AvgIpc) is 2.46. The summed E-state index contributed by atoms with van der Waals surface area (Å²) in [6.45, 7) is 7.99. The predicted molar refractivity (Wildman–Crippen MR) is 86.9 cm³/mol. The molecule has 5 nitrogen and oxygen atoms in total. The fraction of sp³-hybridized carbons (Fsp3) is 0.812. The zero-order valence-electron chi connectivity index (χ0n) is 13.6. The lowest BCUT2D eigenvalue weighted by Gasteiger charge is -2.34. The van der Waals surface area contributed by atoms with Gasteiger partial charge in [-0.3, -0.25) is 4.79 Å². The number of hydrogen-bond donors (Lipinski definition) is 0. The zero-order chi connectivity index (χ0) is 15.2. The predicted octanol–water partition coefficient (Wildman–Crippen LogP) is 2.18. The lowest BCUT2D eigenvalue weighted by Crippen LogP contribution is -2.48. The summed E-state index contributed by atoms with van der Waals surface area (Å²) in [6, 6.07) is 0. The van der Waals surface area contributed by atoms with Crippen molar-refractivity contribution in [1.29, 1.82) is 0 Å². The normalized spacial score (nSPS) is 24.0. The highest BCUT2D eigenvalue weighted by atomic mass is 16.1. The molecular formula is C16H28N4O. The smallest absolute Gasteiger partial charge is 0.257 e. The topological polar surface area (TPSA) is 48.3 Å². The van der Waals surface area contributed by atoms with Crippen molar-refractivity contribution in [2.75, 3.05) is 33.2 Å². The Morgan fingerprint density at radius 2 is 1.81 bits per heavy atom. The van der Waals surface area contributed by atoms with Crippen LogP contribution in [-0.2, 0) is 4.79 Å². The zero-order valence-corrected chi connectivity index (χ0v) is 13.6. The molecule has 0 N–H and O–H groups in total. The van der Waals surface area contributed by atoms with E-state index in [1.165, 1.54) is 19.3 Å².